The van der Waals surface area contributed by atoms with Crippen LogP contribution in [0.2, 0.25) is 0 Å². The fourth-order valence-corrected chi connectivity index (χ4v) is 2.51. The Kier molecular flexibility index (Phi) is 3.28. The molecule has 0 amide bonds. The molecule has 0 aliphatic carbocycles. The lowest BCUT2D eigenvalue weighted by molar-refractivity contribution is 0.297. The van der Waals surface area contributed by atoms with Gasteiger partial charge in [0.25, 0.3) is 0 Å². The minimum atomic E-state index is 0.363. The topological polar surface area (TPSA) is 47.7 Å². The Hall–Kier alpha value is -1.42. The van der Waals surface area contributed by atoms with E-state index in [0.29, 0.717) is 6.04 Å². The molecule has 2 heterocycles. The van der Waals surface area contributed by atoms with Crippen LogP contribution in [0, 0.1) is 0 Å². The van der Waals surface area contributed by atoms with Gasteiger partial charge >= 0.3 is 0 Å². The van der Waals surface area contributed by atoms with Crippen molar-refractivity contribution in [1.29, 1.82) is 0 Å². The molecule has 2 aliphatic rings. The van der Waals surface area contributed by atoms with Crippen molar-refractivity contribution in [3.8, 4) is 11.5 Å². The highest BCUT2D eigenvalue weighted by molar-refractivity contribution is 5.56. The molecule has 98 valence electrons. The molecule has 0 radical (unpaired) electrons. The highest BCUT2D eigenvalue weighted by Crippen LogP contribution is 2.34. The van der Waals surface area contributed by atoms with E-state index in [4.69, 9.17) is 15.2 Å². The van der Waals surface area contributed by atoms with E-state index in [-0.39, 0.29) is 0 Å². The smallest absolute Gasteiger partial charge is 0.163 e. The number of anilines is 1. The molecule has 3 rings (SSSR count). The molecular formula is C14H20N2O2. The second kappa shape index (κ2) is 5.06. The minimum absolute atomic E-state index is 0.363. The van der Waals surface area contributed by atoms with Crippen molar-refractivity contribution in [1.82, 2.24) is 0 Å². The third kappa shape index (κ3) is 2.38. The van der Waals surface area contributed by atoms with Gasteiger partial charge in [-0.2, -0.15) is 0 Å². The van der Waals surface area contributed by atoms with Crippen molar-refractivity contribution in [2.75, 3.05) is 31.2 Å². The largest absolute Gasteiger partial charge is 0.490 e. The van der Waals surface area contributed by atoms with E-state index in [2.05, 4.69) is 17.0 Å². The second-order valence-electron chi connectivity index (χ2n) is 5.01. The standard InChI is InChI=1S/C14H20N2O2/c15-11-4-6-16(7-5-11)12-2-3-13-14(10-12)18-9-1-8-17-13/h2-3,10-11H,1,4-9,15H2. The van der Waals surface area contributed by atoms with E-state index < -0.39 is 0 Å². The summed E-state index contributed by atoms with van der Waals surface area (Å²) in [5, 5.41) is 0. The number of ether oxygens (including phenoxy) is 2. The Morgan fingerprint density at radius 1 is 1.06 bits per heavy atom. The maximum Gasteiger partial charge on any atom is 0.163 e. The molecular weight excluding hydrogens is 228 g/mol. The highest BCUT2D eigenvalue weighted by atomic mass is 16.5. The summed E-state index contributed by atoms with van der Waals surface area (Å²) in [6.07, 6.45) is 3.07. The van der Waals surface area contributed by atoms with E-state index in [9.17, 15) is 0 Å². The van der Waals surface area contributed by atoms with Crippen molar-refractivity contribution >= 4 is 5.69 Å². The lowest BCUT2D eigenvalue weighted by atomic mass is 10.1. The average molecular weight is 248 g/mol. The van der Waals surface area contributed by atoms with Crippen LogP contribution in [-0.4, -0.2) is 32.3 Å². The molecule has 0 unspecified atom stereocenters. The number of benzene rings is 1. The molecule has 1 fully saturated rings. The maximum atomic E-state index is 5.94. The van der Waals surface area contributed by atoms with Gasteiger partial charge in [0.05, 0.1) is 13.2 Å². The van der Waals surface area contributed by atoms with Crippen molar-refractivity contribution in [2.24, 2.45) is 5.73 Å². The summed E-state index contributed by atoms with van der Waals surface area (Å²) in [5.74, 6) is 1.74. The van der Waals surface area contributed by atoms with Crippen molar-refractivity contribution < 1.29 is 9.47 Å². The Morgan fingerprint density at radius 2 is 1.78 bits per heavy atom. The Morgan fingerprint density at radius 3 is 2.56 bits per heavy atom. The average Bonchev–Trinajstić information content (AvgIpc) is 2.64. The molecule has 0 atom stereocenters. The molecule has 0 bridgehead atoms. The van der Waals surface area contributed by atoms with Gasteiger partial charge in [-0.25, -0.2) is 0 Å². The van der Waals surface area contributed by atoms with Gasteiger partial charge in [0.15, 0.2) is 11.5 Å². The van der Waals surface area contributed by atoms with Gasteiger partial charge in [0.2, 0.25) is 0 Å². The quantitative estimate of drug-likeness (QED) is 0.823. The zero-order chi connectivity index (χ0) is 12.4. The summed E-state index contributed by atoms with van der Waals surface area (Å²) >= 11 is 0. The summed E-state index contributed by atoms with van der Waals surface area (Å²) in [5.41, 5.74) is 7.15. The van der Waals surface area contributed by atoms with E-state index >= 15 is 0 Å². The third-order valence-corrected chi connectivity index (χ3v) is 3.64. The molecule has 4 heteroatoms. The zero-order valence-corrected chi connectivity index (χ0v) is 10.6. The zero-order valence-electron chi connectivity index (χ0n) is 10.6. The molecule has 2 N–H and O–H groups in total. The molecule has 4 nitrogen and oxygen atoms in total. The first-order valence-electron chi connectivity index (χ1n) is 6.73. The third-order valence-electron chi connectivity index (χ3n) is 3.64. The summed E-state index contributed by atoms with van der Waals surface area (Å²) in [6, 6.07) is 6.59. The lowest BCUT2D eigenvalue weighted by Crippen LogP contribution is -2.39. The second-order valence-corrected chi connectivity index (χ2v) is 5.01. The first kappa shape index (κ1) is 11.7. The van der Waals surface area contributed by atoms with Crippen LogP contribution < -0.4 is 20.1 Å². The molecule has 0 aromatic heterocycles. The fourth-order valence-electron chi connectivity index (χ4n) is 2.51. The molecule has 1 aromatic carbocycles. The number of nitrogens with zero attached hydrogens (tertiary/aromatic N) is 1. The number of nitrogens with two attached hydrogens (primary N) is 1. The van der Waals surface area contributed by atoms with Gasteiger partial charge in [-0.05, 0) is 25.0 Å². The van der Waals surface area contributed by atoms with Crippen LogP contribution in [0.15, 0.2) is 18.2 Å². The first-order valence-corrected chi connectivity index (χ1v) is 6.73. The van der Waals surface area contributed by atoms with Crippen LogP contribution in [0.4, 0.5) is 5.69 Å². The molecule has 1 aromatic rings. The normalized spacial score (nSPS) is 20.6. The van der Waals surface area contributed by atoms with Crippen LogP contribution in [0.5, 0.6) is 11.5 Å². The van der Waals surface area contributed by atoms with Crippen LogP contribution in [0.25, 0.3) is 0 Å². The molecule has 0 saturated carbocycles. The van der Waals surface area contributed by atoms with Gasteiger partial charge in [0, 0.05) is 37.3 Å². The molecule has 2 aliphatic heterocycles. The fraction of sp³-hybridized carbons (Fsp3) is 0.571. The predicted octanol–water partition coefficient (Wildman–Crippen LogP) is 1.78. The molecule has 0 spiro atoms. The van der Waals surface area contributed by atoms with Crippen LogP contribution >= 0.6 is 0 Å². The first-order chi connectivity index (χ1) is 8.83. The Labute approximate surface area is 108 Å². The van der Waals surface area contributed by atoms with Crippen molar-refractivity contribution in [3.05, 3.63) is 18.2 Å². The van der Waals surface area contributed by atoms with E-state index in [0.717, 1.165) is 57.1 Å². The summed E-state index contributed by atoms with van der Waals surface area (Å²) in [4.78, 5) is 2.37. The molecule has 18 heavy (non-hydrogen) atoms. The van der Waals surface area contributed by atoms with Crippen molar-refractivity contribution in [3.63, 3.8) is 0 Å². The van der Waals surface area contributed by atoms with Gasteiger partial charge in [-0.1, -0.05) is 0 Å². The summed E-state index contributed by atoms with van der Waals surface area (Å²) < 4.78 is 11.4. The number of fused-ring (bicyclic) bond motifs is 1. The van der Waals surface area contributed by atoms with Crippen LogP contribution in [0.1, 0.15) is 19.3 Å². The SMILES string of the molecule is NC1CCN(c2ccc3c(c2)OCCCO3)CC1. The number of hydrogen-bond acceptors (Lipinski definition) is 4. The lowest BCUT2D eigenvalue weighted by Gasteiger charge is -2.32. The summed E-state index contributed by atoms with van der Waals surface area (Å²) in [6.45, 7) is 3.54. The van der Waals surface area contributed by atoms with E-state index in [1.165, 1.54) is 5.69 Å². The predicted molar refractivity (Wildman–Crippen MR) is 71.5 cm³/mol. The van der Waals surface area contributed by atoms with Gasteiger partial charge < -0.3 is 20.1 Å². The number of piperidine rings is 1. The monoisotopic (exact) mass is 248 g/mol. The maximum absolute atomic E-state index is 5.94. The number of hydrogen-bond donors (Lipinski definition) is 1. The van der Waals surface area contributed by atoms with Gasteiger partial charge in [-0.15, -0.1) is 0 Å². The van der Waals surface area contributed by atoms with Crippen LogP contribution in [-0.2, 0) is 0 Å². The molecule has 1 saturated heterocycles. The van der Waals surface area contributed by atoms with Crippen molar-refractivity contribution in [2.45, 2.75) is 25.3 Å². The Bertz CT molecular complexity index is 414. The Balaban J connectivity index is 1.79. The number of rotatable bonds is 1. The highest BCUT2D eigenvalue weighted by Gasteiger charge is 2.18. The van der Waals surface area contributed by atoms with Crippen LogP contribution in [0.3, 0.4) is 0 Å². The van der Waals surface area contributed by atoms with E-state index in [1.807, 2.05) is 6.07 Å². The van der Waals surface area contributed by atoms with E-state index in [1.54, 1.807) is 0 Å². The summed E-state index contributed by atoms with van der Waals surface area (Å²) in [7, 11) is 0. The van der Waals surface area contributed by atoms with Gasteiger partial charge in [-0.3, -0.25) is 0 Å². The minimum Gasteiger partial charge on any atom is -0.490 e. The van der Waals surface area contributed by atoms with Gasteiger partial charge in [0.1, 0.15) is 0 Å².